The highest BCUT2D eigenvalue weighted by molar-refractivity contribution is 5.95. The quantitative estimate of drug-likeness (QED) is 0.180. The Kier molecular flexibility index (Phi) is 7.76. The van der Waals surface area contributed by atoms with Gasteiger partial charge >= 0.3 is 0 Å². The number of nitrogens with zero attached hydrogens (tertiary/aromatic N) is 8. The number of nitrogens with one attached hydrogen (secondary N) is 3. The average molecular weight is 586 g/mol. The van der Waals surface area contributed by atoms with E-state index in [0.29, 0.717) is 24.4 Å². The van der Waals surface area contributed by atoms with Gasteiger partial charge in [-0.25, -0.2) is 0 Å². The molecule has 3 N–H and O–H groups in total. The molecule has 0 unspecified atom stereocenters. The summed E-state index contributed by atoms with van der Waals surface area (Å²) in [7, 11) is 8.13. The van der Waals surface area contributed by atoms with E-state index in [9.17, 15) is 0 Å². The topological polar surface area (TPSA) is 120 Å². The van der Waals surface area contributed by atoms with Gasteiger partial charge in [0.25, 0.3) is 0 Å². The normalized spacial score (nSPS) is 11.0. The van der Waals surface area contributed by atoms with Crippen LogP contribution in [0.5, 0.6) is 0 Å². The molecule has 0 radical (unpaired) electrons. The lowest BCUT2D eigenvalue weighted by molar-refractivity contribution is 1.01. The summed E-state index contributed by atoms with van der Waals surface area (Å²) in [4.78, 5) is 31.8. The summed E-state index contributed by atoms with van der Waals surface area (Å²) in [6, 6.07) is 20.2. The Morgan fingerprint density at radius 2 is 1.05 bits per heavy atom. The van der Waals surface area contributed by atoms with E-state index in [1.807, 2.05) is 78.4 Å². The molecule has 222 valence electrons. The number of fused-ring (bicyclic) bond motifs is 2. The number of rotatable bonds is 9. The summed E-state index contributed by atoms with van der Waals surface area (Å²) < 4.78 is 0. The number of pyridine rings is 3. The van der Waals surface area contributed by atoms with Crippen molar-refractivity contribution in [2.75, 3.05) is 53.9 Å². The summed E-state index contributed by atoms with van der Waals surface area (Å²) in [5, 5.41) is 12.2. The first kappa shape index (κ1) is 28.5. The van der Waals surface area contributed by atoms with Crippen molar-refractivity contribution >= 4 is 62.4 Å². The maximum absolute atomic E-state index is 4.74. The first-order valence-electron chi connectivity index (χ1n) is 14.3. The fraction of sp³-hybridized carbons (Fsp3) is 0.212. The Balaban J connectivity index is 1.36. The van der Waals surface area contributed by atoms with Crippen molar-refractivity contribution in [1.29, 1.82) is 0 Å². The molecule has 0 spiro atoms. The van der Waals surface area contributed by atoms with Crippen molar-refractivity contribution in [1.82, 2.24) is 29.9 Å². The van der Waals surface area contributed by atoms with Gasteiger partial charge in [0.15, 0.2) is 0 Å². The van der Waals surface area contributed by atoms with Crippen LogP contribution in [-0.4, -0.2) is 58.1 Å². The highest BCUT2D eigenvalue weighted by Gasteiger charge is 2.13. The van der Waals surface area contributed by atoms with E-state index in [2.05, 4.69) is 55.0 Å². The van der Waals surface area contributed by atoms with E-state index in [4.69, 9.17) is 24.9 Å². The maximum atomic E-state index is 4.74. The molecule has 2 aromatic carbocycles. The van der Waals surface area contributed by atoms with Crippen LogP contribution < -0.4 is 25.8 Å². The lowest BCUT2D eigenvalue weighted by Crippen LogP contribution is -2.11. The van der Waals surface area contributed by atoms with Gasteiger partial charge in [-0.1, -0.05) is 0 Å². The Bertz CT molecular complexity index is 1840. The van der Waals surface area contributed by atoms with Gasteiger partial charge in [-0.05, 0) is 80.1 Å². The second-order valence-corrected chi connectivity index (χ2v) is 11.1. The minimum absolute atomic E-state index is 0.401. The SMILES string of the molecule is Cc1cc(N(C)C)c2cc(Nc3nc(NCc4ccncc4)nc(Nc4ccc5nc(C)cc(N(C)C)c5c4)n3)ccc2n1. The molecule has 0 aliphatic rings. The number of aryl methyl sites for hydroxylation is 2. The molecule has 0 amide bonds. The van der Waals surface area contributed by atoms with Gasteiger partial charge in [-0.2, -0.15) is 15.0 Å². The Morgan fingerprint density at radius 3 is 1.52 bits per heavy atom. The largest absolute Gasteiger partial charge is 0.377 e. The zero-order valence-corrected chi connectivity index (χ0v) is 25.7. The Hall–Kier alpha value is -5.58. The summed E-state index contributed by atoms with van der Waals surface area (Å²) in [6.45, 7) is 4.55. The fourth-order valence-electron chi connectivity index (χ4n) is 5.08. The van der Waals surface area contributed by atoms with Crippen molar-refractivity contribution < 1.29 is 0 Å². The van der Waals surface area contributed by atoms with Gasteiger partial charge < -0.3 is 25.8 Å². The van der Waals surface area contributed by atoms with Crippen LogP contribution in [-0.2, 0) is 6.54 Å². The fourth-order valence-corrected chi connectivity index (χ4v) is 5.08. The summed E-state index contributed by atoms with van der Waals surface area (Å²) in [5.41, 5.74) is 8.71. The zero-order valence-electron chi connectivity index (χ0n) is 25.7. The van der Waals surface area contributed by atoms with E-state index in [-0.39, 0.29) is 0 Å². The molecular weight excluding hydrogens is 550 g/mol. The molecule has 11 heteroatoms. The van der Waals surface area contributed by atoms with Gasteiger partial charge in [0.05, 0.1) is 11.0 Å². The van der Waals surface area contributed by atoms with Gasteiger partial charge in [0.2, 0.25) is 17.8 Å². The van der Waals surface area contributed by atoms with Crippen molar-refractivity contribution in [3.8, 4) is 0 Å². The van der Waals surface area contributed by atoms with E-state index in [1.54, 1.807) is 12.4 Å². The number of benzene rings is 2. The second-order valence-electron chi connectivity index (χ2n) is 11.1. The number of aromatic nitrogens is 6. The predicted molar refractivity (Wildman–Crippen MR) is 180 cm³/mol. The minimum atomic E-state index is 0.401. The molecule has 0 atom stereocenters. The summed E-state index contributed by atoms with van der Waals surface area (Å²) in [5.74, 6) is 1.23. The van der Waals surface area contributed by atoms with E-state index in [1.165, 1.54) is 0 Å². The first-order chi connectivity index (χ1) is 21.2. The molecule has 0 bridgehead atoms. The molecule has 4 heterocycles. The van der Waals surface area contributed by atoms with Crippen molar-refractivity contribution in [3.63, 3.8) is 0 Å². The number of hydrogen-bond acceptors (Lipinski definition) is 11. The van der Waals surface area contributed by atoms with Crippen molar-refractivity contribution in [3.05, 3.63) is 90.0 Å². The molecule has 0 fully saturated rings. The minimum Gasteiger partial charge on any atom is -0.377 e. The molecule has 6 aromatic rings. The molecule has 44 heavy (non-hydrogen) atoms. The lowest BCUT2D eigenvalue weighted by atomic mass is 10.1. The second kappa shape index (κ2) is 12.0. The maximum Gasteiger partial charge on any atom is 0.233 e. The third-order valence-electron chi connectivity index (χ3n) is 7.14. The standard InChI is InChI=1S/C33H35N11/c1-20-15-29(43(3)4)25-17-23(7-9-27(25)36-20)38-32-40-31(35-19-22-11-13-34-14-12-22)41-33(42-32)39-24-8-10-28-26(18-24)30(44(5)6)16-21(2)37-28/h7-18H,19H2,1-6H3,(H3,35,38,39,40,41,42). The van der Waals surface area contributed by atoms with Gasteiger partial charge in [0, 0.05) is 92.0 Å². The zero-order chi connectivity index (χ0) is 30.8. The summed E-state index contributed by atoms with van der Waals surface area (Å²) >= 11 is 0. The van der Waals surface area contributed by atoms with Gasteiger partial charge in [0.1, 0.15) is 0 Å². The molecule has 4 aromatic heterocycles. The Labute approximate surface area is 256 Å². The third kappa shape index (κ3) is 6.26. The molecule has 6 rings (SSSR count). The van der Waals surface area contributed by atoms with Crippen LogP contribution in [0.4, 0.5) is 40.6 Å². The molecule has 0 aliphatic carbocycles. The van der Waals surface area contributed by atoms with Crippen LogP contribution in [0, 0.1) is 13.8 Å². The van der Waals surface area contributed by atoms with Crippen LogP contribution in [0.3, 0.4) is 0 Å². The number of hydrogen-bond donors (Lipinski definition) is 3. The number of anilines is 7. The van der Waals surface area contributed by atoms with Crippen LogP contribution >= 0.6 is 0 Å². The van der Waals surface area contributed by atoms with E-state index in [0.717, 1.165) is 61.5 Å². The third-order valence-corrected chi connectivity index (χ3v) is 7.14. The Morgan fingerprint density at radius 1 is 0.568 bits per heavy atom. The highest BCUT2D eigenvalue weighted by atomic mass is 15.3. The van der Waals surface area contributed by atoms with Crippen molar-refractivity contribution in [2.24, 2.45) is 0 Å². The first-order valence-corrected chi connectivity index (χ1v) is 14.3. The lowest BCUT2D eigenvalue weighted by Gasteiger charge is -2.17. The monoisotopic (exact) mass is 585 g/mol. The molecule has 11 nitrogen and oxygen atoms in total. The molecule has 0 saturated carbocycles. The van der Waals surface area contributed by atoms with Gasteiger partial charge in [-0.15, -0.1) is 0 Å². The predicted octanol–water partition coefficient (Wildman–Crippen LogP) is 6.21. The van der Waals surface area contributed by atoms with E-state index >= 15 is 0 Å². The van der Waals surface area contributed by atoms with Crippen LogP contribution in [0.15, 0.2) is 73.1 Å². The molecular formula is C33H35N11. The highest BCUT2D eigenvalue weighted by Crippen LogP contribution is 2.31. The average Bonchev–Trinajstić information content (AvgIpc) is 3.00. The summed E-state index contributed by atoms with van der Waals surface area (Å²) in [6.07, 6.45) is 3.53. The van der Waals surface area contributed by atoms with Gasteiger partial charge in [-0.3, -0.25) is 15.0 Å². The van der Waals surface area contributed by atoms with E-state index < -0.39 is 0 Å². The van der Waals surface area contributed by atoms with Crippen LogP contribution in [0.25, 0.3) is 21.8 Å². The van der Waals surface area contributed by atoms with Crippen LogP contribution in [0.2, 0.25) is 0 Å². The van der Waals surface area contributed by atoms with Crippen LogP contribution in [0.1, 0.15) is 17.0 Å². The molecule has 0 saturated heterocycles. The molecule has 0 aliphatic heterocycles. The van der Waals surface area contributed by atoms with Crippen molar-refractivity contribution in [2.45, 2.75) is 20.4 Å². The smallest absolute Gasteiger partial charge is 0.233 e.